The molecule has 144 valence electrons. The van der Waals surface area contributed by atoms with Gasteiger partial charge in [-0.3, -0.25) is 9.59 Å². The second-order valence-corrected chi connectivity index (χ2v) is 6.55. The molecule has 0 aliphatic heterocycles. The summed E-state index contributed by atoms with van der Waals surface area (Å²) in [5, 5.41) is 4.48. The van der Waals surface area contributed by atoms with Crippen LogP contribution in [0.5, 0.6) is 5.75 Å². The molecule has 0 aliphatic rings. The van der Waals surface area contributed by atoms with Gasteiger partial charge < -0.3 is 10.5 Å². The van der Waals surface area contributed by atoms with Crippen molar-refractivity contribution < 1.29 is 14.3 Å². The maximum Gasteiger partial charge on any atom is 0.315 e. The fourth-order valence-corrected chi connectivity index (χ4v) is 2.95. The molecule has 0 fully saturated rings. The number of primary amides is 1. The maximum absolute atomic E-state index is 12.4. The minimum atomic E-state index is -0.584. The standard InChI is InChI=1S/C20H21N5O3/c1-11-8-12(2)23-20(22-11)25-14(4)17(13(3)24-25)10-18(26)28-16-7-5-6-15(9-16)19(21)27/h5-9H,10H2,1-4H3,(H2,21,27). The van der Waals surface area contributed by atoms with Gasteiger partial charge in [0.1, 0.15) is 5.75 Å². The number of carbonyl (C=O) groups excluding carboxylic acids is 2. The quantitative estimate of drug-likeness (QED) is 0.537. The number of aryl methyl sites for hydroxylation is 3. The van der Waals surface area contributed by atoms with Gasteiger partial charge in [0.15, 0.2) is 0 Å². The summed E-state index contributed by atoms with van der Waals surface area (Å²) in [6.07, 6.45) is 0.0310. The highest BCUT2D eigenvalue weighted by Crippen LogP contribution is 2.19. The highest BCUT2D eigenvalue weighted by atomic mass is 16.5. The van der Waals surface area contributed by atoms with Crippen LogP contribution in [0.15, 0.2) is 30.3 Å². The summed E-state index contributed by atoms with van der Waals surface area (Å²) < 4.78 is 6.99. The number of rotatable bonds is 5. The number of carbonyl (C=O) groups is 2. The third-order valence-electron chi connectivity index (χ3n) is 4.27. The Morgan fingerprint density at radius 3 is 2.39 bits per heavy atom. The van der Waals surface area contributed by atoms with E-state index in [1.807, 2.05) is 33.8 Å². The van der Waals surface area contributed by atoms with E-state index in [2.05, 4.69) is 15.1 Å². The van der Waals surface area contributed by atoms with E-state index in [1.54, 1.807) is 22.9 Å². The van der Waals surface area contributed by atoms with Gasteiger partial charge in [-0.05, 0) is 52.0 Å². The molecule has 1 amide bonds. The number of nitrogens with zero attached hydrogens (tertiary/aromatic N) is 4. The lowest BCUT2D eigenvalue weighted by Crippen LogP contribution is -2.14. The van der Waals surface area contributed by atoms with Gasteiger partial charge in [-0.15, -0.1) is 0 Å². The second kappa shape index (κ2) is 7.59. The number of nitrogens with two attached hydrogens (primary N) is 1. The van der Waals surface area contributed by atoms with Crippen molar-refractivity contribution in [1.29, 1.82) is 0 Å². The normalized spacial score (nSPS) is 10.7. The average molecular weight is 379 g/mol. The summed E-state index contributed by atoms with van der Waals surface area (Å²) in [4.78, 5) is 32.5. The first kappa shape index (κ1) is 19.2. The Bertz CT molecular complexity index is 1050. The van der Waals surface area contributed by atoms with Crippen LogP contribution in [0.2, 0.25) is 0 Å². The second-order valence-electron chi connectivity index (χ2n) is 6.55. The van der Waals surface area contributed by atoms with Gasteiger partial charge in [-0.1, -0.05) is 6.07 Å². The summed E-state index contributed by atoms with van der Waals surface area (Å²) in [6.45, 7) is 7.46. The number of hydrogen-bond acceptors (Lipinski definition) is 6. The molecule has 0 atom stereocenters. The van der Waals surface area contributed by atoms with Gasteiger partial charge in [0.2, 0.25) is 5.91 Å². The molecule has 2 N–H and O–H groups in total. The third kappa shape index (κ3) is 4.06. The van der Waals surface area contributed by atoms with E-state index in [0.29, 0.717) is 11.6 Å². The van der Waals surface area contributed by atoms with Crippen LogP contribution in [0, 0.1) is 27.7 Å². The van der Waals surface area contributed by atoms with Crippen LogP contribution in [0.1, 0.15) is 38.7 Å². The zero-order chi connectivity index (χ0) is 20.4. The van der Waals surface area contributed by atoms with Gasteiger partial charge in [0.05, 0.1) is 12.1 Å². The van der Waals surface area contributed by atoms with E-state index in [0.717, 1.165) is 22.6 Å². The summed E-state index contributed by atoms with van der Waals surface area (Å²) >= 11 is 0. The molecule has 0 saturated carbocycles. The monoisotopic (exact) mass is 379 g/mol. The van der Waals surface area contributed by atoms with Crippen molar-refractivity contribution in [3.05, 3.63) is 64.2 Å². The zero-order valence-electron chi connectivity index (χ0n) is 16.2. The highest BCUT2D eigenvalue weighted by molar-refractivity contribution is 5.93. The molecule has 1 aromatic carbocycles. The fraction of sp³-hybridized carbons (Fsp3) is 0.250. The molecular weight excluding hydrogens is 358 g/mol. The highest BCUT2D eigenvalue weighted by Gasteiger charge is 2.19. The van der Waals surface area contributed by atoms with E-state index < -0.39 is 11.9 Å². The van der Waals surface area contributed by atoms with Crippen molar-refractivity contribution >= 4 is 11.9 Å². The van der Waals surface area contributed by atoms with Crippen LogP contribution in [-0.2, 0) is 11.2 Å². The maximum atomic E-state index is 12.4. The predicted molar refractivity (Wildman–Crippen MR) is 102 cm³/mol. The summed E-state index contributed by atoms with van der Waals surface area (Å²) in [6, 6.07) is 8.08. The molecule has 28 heavy (non-hydrogen) atoms. The first-order valence-corrected chi connectivity index (χ1v) is 8.73. The van der Waals surface area contributed by atoms with E-state index in [-0.39, 0.29) is 17.7 Å². The van der Waals surface area contributed by atoms with Crippen LogP contribution in [0.4, 0.5) is 0 Å². The minimum Gasteiger partial charge on any atom is -0.426 e. The summed E-state index contributed by atoms with van der Waals surface area (Å²) in [5.74, 6) is -0.318. The molecule has 2 heterocycles. The number of amides is 1. The van der Waals surface area contributed by atoms with Crippen LogP contribution in [0.25, 0.3) is 5.95 Å². The van der Waals surface area contributed by atoms with Crippen molar-refractivity contribution in [1.82, 2.24) is 19.7 Å². The molecule has 0 radical (unpaired) electrons. The van der Waals surface area contributed by atoms with E-state index in [9.17, 15) is 9.59 Å². The van der Waals surface area contributed by atoms with Gasteiger partial charge in [-0.25, -0.2) is 14.6 Å². The first-order valence-electron chi connectivity index (χ1n) is 8.73. The Labute approximate surface area is 162 Å². The predicted octanol–water partition coefficient (Wildman–Crippen LogP) is 2.14. The van der Waals surface area contributed by atoms with Crippen LogP contribution in [0.3, 0.4) is 0 Å². The molecule has 8 nitrogen and oxygen atoms in total. The molecular formula is C20H21N5O3. The Kier molecular flexibility index (Phi) is 5.21. The van der Waals surface area contributed by atoms with Gasteiger partial charge in [-0.2, -0.15) is 5.10 Å². The number of benzene rings is 1. The molecule has 2 aromatic heterocycles. The Hall–Kier alpha value is -3.55. The van der Waals surface area contributed by atoms with Crippen LogP contribution in [-0.4, -0.2) is 31.6 Å². The number of hydrogen-bond donors (Lipinski definition) is 1. The first-order chi connectivity index (χ1) is 13.2. The van der Waals surface area contributed by atoms with Crippen molar-refractivity contribution in [3.8, 4) is 11.7 Å². The van der Waals surface area contributed by atoms with Crippen LogP contribution < -0.4 is 10.5 Å². The van der Waals surface area contributed by atoms with Crippen molar-refractivity contribution in [2.45, 2.75) is 34.1 Å². The molecule has 0 bridgehead atoms. The lowest BCUT2D eigenvalue weighted by atomic mass is 10.1. The average Bonchev–Trinajstić information content (AvgIpc) is 2.89. The number of ether oxygens (including phenoxy) is 1. The molecule has 0 saturated heterocycles. The van der Waals surface area contributed by atoms with E-state index in [4.69, 9.17) is 10.5 Å². The Balaban J connectivity index is 1.83. The molecule has 0 spiro atoms. The molecule has 0 aliphatic carbocycles. The van der Waals surface area contributed by atoms with Crippen molar-refractivity contribution in [2.24, 2.45) is 5.73 Å². The lowest BCUT2D eigenvalue weighted by Gasteiger charge is -2.07. The minimum absolute atomic E-state index is 0.0310. The van der Waals surface area contributed by atoms with Crippen molar-refractivity contribution in [2.75, 3.05) is 0 Å². The summed E-state index contributed by atoms with van der Waals surface area (Å²) in [7, 11) is 0. The smallest absolute Gasteiger partial charge is 0.315 e. The Morgan fingerprint density at radius 2 is 1.75 bits per heavy atom. The third-order valence-corrected chi connectivity index (χ3v) is 4.27. The zero-order valence-corrected chi connectivity index (χ0v) is 16.2. The van der Waals surface area contributed by atoms with E-state index >= 15 is 0 Å². The van der Waals surface area contributed by atoms with Crippen molar-refractivity contribution in [3.63, 3.8) is 0 Å². The molecule has 8 heteroatoms. The fourth-order valence-electron chi connectivity index (χ4n) is 2.95. The molecule has 3 aromatic rings. The summed E-state index contributed by atoms with van der Waals surface area (Å²) in [5.41, 5.74) is 9.42. The van der Waals surface area contributed by atoms with E-state index in [1.165, 1.54) is 6.07 Å². The SMILES string of the molecule is Cc1cc(C)nc(-n2nc(C)c(CC(=O)Oc3cccc(C(N)=O)c3)c2C)n1. The lowest BCUT2D eigenvalue weighted by molar-refractivity contribution is -0.133. The molecule has 0 unspecified atom stereocenters. The van der Waals surface area contributed by atoms with Gasteiger partial charge in [0, 0.05) is 28.2 Å². The van der Waals surface area contributed by atoms with Crippen LogP contribution >= 0.6 is 0 Å². The topological polar surface area (TPSA) is 113 Å². The molecule has 3 rings (SSSR count). The number of aromatic nitrogens is 4. The Morgan fingerprint density at radius 1 is 1.07 bits per heavy atom. The number of esters is 1. The van der Waals surface area contributed by atoms with Gasteiger partial charge >= 0.3 is 5.97 Å². The van der Waals surface area contributed by atoms with Gasteiger partial charge in [0.25, 0.3) is 5.95 Å². The largest absolute Gasteiger partial charge is 0.426 e.